The zero-order valence-electron chi connectivity index (χ0n) is 34.6. The van der Waals surface area contributed by atoms with Gasteiger partial charge >= 0.3 is 0 Å². The summed E-state index contributed by atoms with van der Waals surface area (Å²) < 4.78 is 6.37. The van der Waals surface area contributed by atoms with Gasteiger partial charge in [-0.05, 0) is 123 Å². The second-order valence-corrected chi connectivity index (χ2v) is 15.8. The number of hydrogen-bond acceptors (Lipinski definition) is 3. The largest absolute Gasteiger partial charge is 0.456 e. The van der Waals surface area contributed by atoms with Crippen LogP contribution in [0.4, 0.5) is 34.1 Å². The minimum atomic E-state index is 0.865. The van der Waals surface area contributed by atoms with Crippen molar-refractivity contribution in [2.75, 3.05) is 9.80 Å². The molecule has 0 fully saturated rings. The third-order valence-corrected chi connectivity index (χ3v) is 11.9. The Balaban J connectivity index is 0.925. The van der Waals surface area contributed by atoms with E-state index in [0.717, 1.165) is 67.2 Å². The van der Waals surface area contributed by atoms with E-state index in [1.165, 1.54) is 33.4 Å². The Kier molecular flexibility index (Phi) is 9.89. The molecule has 1 heterocycles. The normalized spacial score (nSPS) is 11.2. The molecular weight excluding hydrogens is 765 g/mol. The Morgan fingerprint density at radius 1 is 0.206 bits per heavy atom. The third-order valence-electron chi connectivity index (χ3n) is 11.9. The first-order valence-electron chi connectivity index (χ1n) is 21.4. The van der Waals surface area contributed by atoms with E-state index in [2.05, 4.69) is 252 Å². The predicted octanol–water partition coefficient (Wildman–Crippen LogP) is 17.2. The van der Waals surface area contributed by atoms with Gasteiger partial charge in [-0.3, -0.25) is 0 Å². The van der Waals surface area contributed by atoms with Crippen molar-refractivity contribution in [3.8, 4) is 44.5 Å². The maximum absolute atomic E-state index is 6.37. The zero-order chi connectivity index (χ0) is 42.0. The van der Waals surface area contributed by atoms with Crippen molar-refractivity contribution < 1.29 is 4.42 Å². The Labute approximate surface area is 368 Å². The molecule has 63 heavy (non-hydrogen) atoms. The summed E-state index contributed by atoms with van der Waals surface area (Å²) >= 11 is 0. The van der Waals surface area contributed by atoms with E-state index in [1.807, 2.05) is 12.1 Å². The Bertz CT molecular complexity index is 3190. The SMILES string of the molecule is c1ccc(-c2ccc(N(c3ccc(-c4ccccc4)cc3)c3ccc(-c4ccc(N(c5ccc(-c6ccccc6)cc5)c5ccc6c(c5)oc5ccccc56)cc4)cc3)cc2)cc1. The van der Waals surface area contributed by atoms with Gasteiger partial charge in [0.05, 0.1) is 0 Å². The summed E-state index contributed by atoms with van der Waals surface area (Å²) in [4.78, 5) is 4.63. The van der Waals surface area contributed by atoms with Gasteiger partial charge < -0.3 is 14.2 Å². The first-order chi connectivity index (χ1) is 31.2. The summed E-state index contributed by atoms with van der Waals surface area (Å²) in [5, 5.41) is 2.23. The number of rotatable bonds is 10. The van der Waals surface area contributed by atoms with Crippen molar-refractivity contribution >= 4 is 56.1 Å². The summed E-state index contributed by atoms with van der Waals surface area (Å²) in [5.41, 5.74) is 17.6. The lowest BCUT2D eigenvalue weighted by Crippen LogP contribution is -2.10. The molecule has 0 saturated heterocycles. The highest BCUT2D eigenvalue weighted by atomic mass is 16.3. The van der Waals surface area contributed by atoms with E-state index in [4.69, 9.17) is 4.42 Å². The molecule has 11 rings (SSSR count). The summed E-state index contributed by atoms with van der Waals surface area (Å²) in [6, 6.07) is 90.6. The summed E-state index contributed by atoms with van der Waals surface area (Å²) in [5.74, 6) is 0. The average Bonchev–Trinajstić information content (AvgIpc) is 3.74. The fraction of sp³-hybridized carbons (Fsp3) is 0. The van der Waals surface area contributed by atoms with Gasteiger partial charge in [-0.25, -0.2) is 0 Å². The van der Waals surface area contributed by atoms with E-state index in [-0.39, 0.29) is 0 Å². The van der Waals surface area contributed by atoms with Crippen molar-refractivity contribution in [3.63, 3.8) is 0 Å². The van der Waals surface area contributed by atoms with Gasteiger partial charge in [-0.1, -0.05) is 170 Å². The van der Waals surface area contributed by atoms with Crippen molar-refractivity contribution in [2.24, 2.45) is 0 Å². The zero-order valence-corrected chi connectivity index (χ0v) is 34.6. The van der Waals surface area contributed by atoms with Crippen LogP contribution in [0.2, 0.25) is 0 Å². The summed E-state index contributed by atoms with van der Waals surface area (Å²) in [6.45, 7) is 0. The topological polar surface area (TPSA) is 19.6 Å². The molecule has 0 amide bonds. The number of benzene rings is 10. The smallest absolute Gasteiger partial charge is 0.137 e. The quantitative estimate of drug-likeness (QED) is 0.137. The van der Waals surface area contributed by atoms with Gasteiger partial charge in [0.2, 0.25) is 0 Å². The van der Waals surface area contributed by atoms with Crippen LogP contribution in [0.5, 0.6) is 0 Å². The molecule has 0 bridgehead atoms. The highest BCUT2D eigenvalue weighted by molar-refractivity contribution is 6.06. The lowest BCUT2D eigenvalue weighted by Gasteiger charge is -2.26. The maximum Gasteiger partial charge on any atom is 0.137 e. The van der Waals surface area contributed by atoms with Crippen molar-refractivity contribution in [1.29, 1.82) is 0 Å². The van der Waals surface area contributed by atoms with Gasteiger partial charge in [-0.15, -0.1) is 0 Å². The molecular formula is C60H42N2O. The van der Waals surface area contributed by atoms with Crippen molar-refractivity contribution in [1.82, 2.24) is 0 Å². The van der Waals surface area contributed by atoms with Gasteiger partial charge in [0.25, 0.3) is 0 Å². The summed E-state index contributed by atoms with van der Waals surface area (Å²) in [6.07, 6.45) is 0. The first-order valence-corrected chi connectivity index (χ1v) is 21.4. The predicted molar refractivity (Wildman–Crippen MR) is 265 cm³/mol. The van der Waals surface area contributed by atoms with Crippen LogP contribution in [-0.2, 0) is 0 Å². The number of hydrogen-bond donors (Lipinski definition) is 0. The highest BCUT2D eigenvalue weighted by Crippen LogP contribution is 2.41. The molecule has 0 aliphatic heterocycles. The maximum atomic E-state index is 6.37. The standard InChI is InChI=1S/C60H42N2O/c1-4-12-43(13-5-1)46-20-30-51(31-21-46)61(52-32-22-47(23-33-52)44-14-6-2-7-15-44)53-34-26-49(27-35-53)50-28-38-55(39-29-50)62(54-36-24-48(25-37-54)45-16-8-3-9-17-45)56-40-41-58-57-18-10-11-19-59(57)63-60(58)42-56/h1-42H. The summed E-state index contributed by atoms with van der Waals surface area (Å²) in [7, 11) is 0. The van der Waals surface area contributed by atoms with Crippen LogP contribution in [0.1, 0.15) is 0 Å². The number of para-hydroxylation sites is 1. The molecule has 0 atom stereocenters. The highest BCUT2D eigenvalue weighted by Gasteiger charge is 2.17. The fourth-order valence-corrected chi connectivity index (χ4v) is 8.65. The Morgan fingerprint density at radius 3 is 0.841 bits per heavy atom. The van der Waals surface area contributed by atoms with Gasteiger partial charge in [0, 0.05) is 51.0 Å². The molecule has 10 aromatic carbocycles. The lowest BCUT2D eigenvalue weighted by molar-refractivity contribution is 0.669. The van der Waals surface area contributed by atoms with E-state index >= 15 is 0 Å². The fourth-order valence-electron chi connectivity index (χ4n) is 8.65. The second kappa shape index (κ2) is 16.6. The molecule has 0 radical (unpaired) electrons. The second-order valence-electron chi connectivity index (χ2n) is 15.8. The Hall–Kier alpha value is -8.40. The van der Waals surface area contributed by atoms with Gasteiger partial charge in [0.15, 0.2) is 0 Å². The average molecular weight is 807 g/mol. The van der Waals surface area contributed by atoms with Crippen LogP contribution < -0.4 is 9.80 Å². The molecule has 3 nitrogen and oxygen atoms in total. The van der Waals surface area contributed by atoms with Crippen molar-refractivity contribution in [3.05, 3.63) is 255 Å². The number of nitrogens with zero attached hydrogens (tertiary/aromatic N) is 2. The minimum Gasteiger partial charge on any atom is -0.456 e. The van der Waals surface area contributed by atoms with Crippen LogP contribution in [0.25, 0.3) is 66.4 Å². The van der Waals surface area contributed by atoms with Crippen LogP contribution in [0.15, 0.2) is 259 Å². The molecule has 298 valence electrons. The van der Waals surface area contributed by atoms with E-state index in [0.29, 0.717) is 0 Å². The molecule has 1 aromatic heterocycles. The number of anilines is 6. The minimum absolute atomic E-state index is 0.865. The van der Waals surface area contributed by atoms with Crippen LogP contribution in [0.3, 0.4) is 0 Å². The van der Waals surface area contributed by atoms with Crippen LogP contribution >= 0.6 is 0 Å². The lowest BCUT2D eigenvalue weighted by atomic mass is 10.0. The van der Waals surface area contributed by atoms with E-state index in [1.54, 1.807) is 0 Å². The molecule has 0 spiro atoms. The third kappa shape index (κ3) is 7.54. The molecule has 0 aliphatic rings. The van der Waals surface area contributed by atoms with Gasteiger partial charge in [-0.2, -0.15) is 0 Å². The molecule has 0 N–H and O–H groups in total. The number of fused-ring (bicyclic) bond motifs is 3. The molecule has 0 aliphatic carbocycles. The van der Waals surface area contributed by atoms with Crippen molar-refractivity contribution in [2.45, 2.75) is 0 Å². The molecule has 3 heteroatoms. The monoisotopic (exact) mass is 806 g/mol. The van der Waals surface area contributed by atoms with E-state index < -0.39 is 0 Å². The molecule has 11 aromatic rings. The number of furan rings is 1. The van der Waals surface area contributed by atoms with Gasteiger partial charge in [0.1, 0.15) is 11.2 Å². The molecule has 0 saturated carbocycles. The first kappa shape index (κ1) is 37.6. The molecule has 0 unspecified atom stereocenters. The van der Waals surface area contributed by atoms with E-state index in [9.17, 15) is 0 Å². The van der Waals surface area contributed by atoms with Crippen LogP contribution in [0, 0.1) is 0 Å². The Morgan fingerprint density at radius 2 is 0.476 bits per heavy atom. The van der Waals surface area contributed by atoms with Crippen LogP contribution in [-0.4, -0.2) is 0 Å².